The molecule has 1 aromatic rings. The molecule has 1 aromatic carbocycles. The third-order valence-corrected chi connectivity index (χ3v) is 3.26. The molecule has 0 bridgehead atoms. The lowest BCUT2D eigenvalue weighted by Gasteiger charge is -2.32. The highest BCUT2D eigenvalue weighted by Crippen LogP contribution is 2.27. The van der Waals surface area contributed by atoms with Crippen LogP contribution < -0.4 is 10.6 Å². The van der Waals surface area contributed by atoms with Crippen LogP contribution in [0.4, 0.5) is 5.69 Å². The van der Waals surface area contributed by atoms with E-state index in [-0.39, 0.29) is 17.1 Å². The van der Waals surface area contributed by atoms with E-state index in [1.165, 1.54) is 0 Å². The largest absolute Gasteiger partial charge is 0.508 e. The third kappa shape index (κ3) is 3.47. The Morgan fingerprint density at radius 1 is 1.42 bits per heavy atom. The van der Waals surface area contributed by atoms with Crippen LogP contribution in [0.1, 0.15) is 33.3 Å². The third-order valence-electron chi connectivity index (χ3n) is 3.26. The normalized spacial score (nSPS) is 13.2. The van der Waals surface area contributed by atoms with Crippen molar-refractivity contribution < 1.29 is 9.90 Å². The van der Waals surface area contributed by atoms with Crippen molar-refractivity contribution in [3.63, 3.8) is 0 Å². The Morgan fingerprint density at radius 2 is 2.00 bits per heavy atom. The summed E-state index contributed by atoms with van der Waals surface area (Å²) in [5, 5.41) is 9.59. The van der Waals surface area contributed by atoms with Crippen molar-refractivity contribution in [3.8, 4) is 5.75 Å². The second kappa shape index (κ2) is 5.61. The van der Waals surface area contributed by atoms with Crippen LogP contribution in [-0.2, 0) is 4.79 Å². The summed E-state index contributed by atoms with van der Waals surface area (Å²) in [6.45, 7) is 10.2. The van der Waals surface area contributed by atoms with Gasteiger partial charge in [-0.3, -0.25) is 4.79 Å². The van der Waals surface area contributed by atoms with Crippen molar-refractivity contribution in [2.75, 3.05) is 11.4 Å². The van der Waals surface area contributed by atoms with E-state index in [9.17, 15) is 9.90 Å². The van der Waals surface area contributed by atoms with E-state index in [1.54, 1.807) is 23.1 Å². The van der Waals surface area contributed by atoms with E-state index < -0.39 is 6.04 Å². The van der Waals surface area contributed by atoms with Crippen molar-refractivity contribution in [2.24, 2.45) is 11.1 Å². The maximum atomic E-state index is 12.5. The quantitative estimate of drug-likeness (QED) is 0.881. The minimum atomic E-state index is -0.575. The highest BCUT2D eigenvalue weighted by atomic mass is 16.3. The molecule has 0 fully saturated rings. The Balaban J connectivity index is 3.14. The first kappa shape index (κ1) is 15.5. The Hall–Kier alpha value is -1.55. The molecular formula is C15H24N2O2. The first-order valence-electron chi connectivity index (χ1n) is 6.55. The molecular weight excluding hydrogens is 240 g/mol. The number of hydrogen-bond acceptors (Lipinski definition) is 3. The molecule has 0 aliphatic rings. The number of hydrogen-bond donors (Lipinski definition) is 2. The van der Waals surface area contributed by atoms with Gasteiger partial charge in [-0.15, -0.1) is 0 Å². The maximum Gasteiger partial charge on any atom is 0.244 e. The molecule has 0 spiro atoms. The number of carbonyl (C=O) groups excluding carboxylic acids is 1. The number of aryl methyl sites for hydroxylation is 1. The zero-order valence-corrected chi connectivity index (χ0v) is 12.4. The van der Waals surface area contributed by atoms with Crippen LogP contribution in [0, 0.1) is 12.3 Å². The molecule has 0 saturated heterocycles. The summed E-state index contributed by atoms with van der Waals surface area (Å²) in [7, 11) is 0. The Bertz CT molecular complexity index is 464. The number of phenols is 1. The lowest BCUT2D eigenvalue weighted by molar-refractivity contribution is -0.121. The predicted octanol–water partition coefficient (Wildman–Crippen LogP) is 2.43. The fourth-order valence-electron chi connectivity index (χ4n) is 1.87. The number of nitrogens with two attached hydrogens (primary N) is 1. The van der Waals surface area contributed by atoms with Gasteiger partial charge in [0.25, 0.3) is 0 Å². The van der Waals surface area contributed by atoms with Crippen LogP contribution in [0.25, 0.3) is 0 Å². The van der Waals surface area contributed by atoms with E-state index in [0.717, 1.165) is 5.56 Å². The van der Waals surface area contributed by atoms with E-state index in [4.69, 9.17) is 5.73 Å². The van der Waals surface area contributed by atoms with Gasteiger partial charge in [0.15, 0.2) is 0 Å². The topological polar surface area (TPSA) is 66.6 Å². The van der Waals surface area contributed by atoms with Crippen LogP contribution in [0.2, 0.25) is 0 Å². The smallest absolute Gasteiger partial charge is 0.244 e. The number of benzene rings is 1. The van der Waals surface area contributed by atoms with Gasteiger partial charge in [-0.2, -0.15) is 0 Å². The number of aromatic hydroxyl groups is 1. The molecule has 4 nitrogen and oxygen atoms in total. The van der Waals surface area contributed by atoms with Crippen LogP contribution in [-0.4, -0.2) is 23.6 Å². The molecule has 1 atom stereocenters. The van der Waals surface area contributed by atoms with Gasteiger partial charge in [-0.1, -0.05) is 26.8 Å². The molecule has 0 aliphatic carbocycles. The van der Waals surface area contributed by atoms with Gasteiger partial charge in [0, 0.05) is 12.6 Å². The second-order valence-corrected chi connectivity index (χ2v) is 5.90. The van der Waals surface area contributed by atoms with Crippen molar-refractivity contribution in [2.45, 2.75) is 40.7 Å². The van der Waals surface area contributed by atoms with Crippen LogP contribution in [0.3, 0.4) is 0 Å². The van der Waals surface area contributed by atoms with Gasteiger partial charge in [0.2, 0.25) is 5.91 Å². The summed E-state index contributed by atoms with van der Waals surface area (Å²) in [5.74, 6) is 0.0277. The summed E-state index contributed by atoms with van der Waals surface area (Å²) >= 11 is 0. The van der Waals surface area contributed by atoms with Crippen LogP contribution in [0.15, 0.2) is 18.2 Å². The first-order chi connectivity index (χ1) is 8.68. The molecule has 0 aliphatic heterocycles. The van der Waals surface area contributed by atoms with Crippen molar-refractivity contribution in [1.82, 2.24) is 0 Å². The number of phenolic OH excluding ortho intramolecular Hbond substituents is 1. The minimum Gasteiger partial charge on any atom is -0.508 e. The van der Waals surface area contributed by atoms with Gasteiger partial charge in [0.1, 0.15) is 5.75 Å². The zero-order chi connectivity index (χ0) is 14.8. The fourth-order valence-corrected chi connectivity index (χ4v) is 1.87. The van der Waals surface area contributed by atoms with Gasteiger partial charge in [-0.25, -0.2) is 0 Å². The summed E-state index contributed by atoms with van der Waals surface area (Å²) in [4.78, 5) is 14.1. The number of nitrogens with zero attached hydrogens (tertiary/aromatic N) is 1. The predicted molar refractivity (Wildman–Crippen MR) is 78.3 cm³/mol. The van der Waals surface area contributed by atoms with Crippen LogP contribution >= 0.6 is 0 Å². The molecule has 1 rings (SSSR count). The molecule has 4 heteroatoms. The van der Waals surface area contributed by atoms with Crippen molar-refractivity contribution >= 4 is 11.6 Å². The lowest BCUT2D eigenvalue weighted by atomic mass is 9.86. The molecule has 0 heterocycles. The van der Waals surface area contributed by atoms with E-state index in [1.807, 2.05) is 34.6 Å². The van der Waals surface area contributed by atoms with Crippen LogP contribution in [0.5, 0.6) is 5.75 Å². The Labute approximate surface area is 115 Å². The number of anilines is 1. The molecule has 19 heavy (non-hydrogen) atoms. The average molecular weight is 264 g/mol. The summed E-state index contributed by atoms with van der Waals surface area (Å²) < 4.78 is 0. The van der Waals surface area contributed by atoms with Gasteiger partial charge in [0.05, 0.1) is 11.7 Å². The molecule has 1 unspecified atom stereocenters. The number of likely N-dealkylation sites (N-methyl/N-ethyl adjacent to an activating group) is 1. The van der Waals surface area contributed by atoms with Gasteiger partial charge >= 0.3 is 0 Å². The number of carbonyl (C=O) groups is 1. The lowest BCUT2D eigenvalue weighted by Crippen LogP contribution is -2.50. The summed E-state index contributed by atoms with van der Waals surface area (Å²) in [6, 6.07) is 4.44. The highest BCUT2D eigenvalue weighted by molar-refractivity contribution is 5.98. The zero-order valence-electron chi connectivity index (χ0n) is 12.4. The first-order valence-corrected chi connectivity index (χ1v) is 6.55. The molecule has 3 N–H and O–H groups in total. The van der Waals surface area contributed by atoms with Gasteiger partial charge in [-0.05, 0) is 30.9 Å². The highest BCUT2D eigenvalue weighted by Gasteiger charge is 2.31. The molecule has 0 radical (unpaired) electrons. The maximum absolute atomic E-state index is 12.5. The van der Waals surface area contributed by atoms with E-state index in [2.05, 4.69) is 0 Å². The van der Waals surface area contributed by atoms with Crippen molar-refractivity contribution in [1.29, 1.82) is 0 Å². The molecule has 0 aromatic heterocycles. The van der Waals surface area contributed by atoms with E-state index in [0.29, 0.717) is 12.2 Å². The standard InChI is InChI=1S/C15H24N2O2/c1-6-17(14(19)13(16)15(3,4)5)12-9-11(18)8-7-10(12)2/h7-9,13,18H,6,16H2,1-5H3. The second-order valence-electron chi connectivity index (χ2n) is 5.90. The summed E-state index contributed by atoms with van der Waals surface area (Å²) in [6.07, 6.45) is 0. The number of amides is 1. The average Bonchev–Trinajstić information content (AvgIpc) is 2.32. The minimum absolute atomic E-state index is 0.122. The van der Waals surface area contributed by atoms with E-state index >= 15 is 0 Å². The Morgan fingerprint density at radius 3 is 2.47 bits per heavy atom. The Kier molecular flexibility index (Phi) is 4.58. The molecule has 106 valence electrons. The monoisotopic (exact) mass is 264 g/mol. The SMILES string of the molecule is CCN(C(=O)C(N)C(C)(C)C)c1cc(O)ccc1C. The molecule has 1 amide bonds. The summed E-state index contributed by atoms with van der Waals surface area (Å²) in [5.41, 5.74) is 7.40. The van der Waals surface area contributed by atoms with Gasteiger partial charge < -0.3 is 15.7 Å². The fraction of sp³-hybridized carbons (Fsp3) is 0.533. The molecule has 0 saturated carbocycles. The van der Waals surface area contributed by atoms with Crippen molar-refractivity contribution in [3.05, 3.63) is 23.8 Å². The number of rotatable bonds is 3.